The molecule has 2 amide bonds. The zero-order valence-corrected chi connectivity index (χ0v) is 29.0. The first-order valence-electron chi connectivity index (χ1n) is 15.7. The maximum absolute atomic E-state index is 12.6. The number of hydrogen-bond acceptors (Lipinski definition) is 13. The van der Waals surface area contributed by atoms with Gasteiger partial charge in [0.2, 0.25) is 5.78 Å². The van der Waals surface area contributed by atoms with E-state index in [9.17, 15) is 39.0 Å². The molecule has 280 valence electrons. The summed E-state index contributed by atoms with van der Waals surface area (Å²) < 4.78 is 27.3. The maximum atomic E-state index is 12.6. The van der Waals surface area contributed by atoms with Crippen LogP contribution >= 0.6 is 0 Å². The minimum Gasteiger partial charge on any atom is -0.508 e. The fourth-order valence-corrected chi connectivity index (χ4v) is 3.97. The molecule has 51 heavy (non-hydrogen) atoms. The molecular weight excluding hydrogens is 676 g/mol. The summed E-state index contributed by atoms with van der Waals surface area (Å²) in [6.07, 6.45) is -1.15. The third-order valence-corrected chi connectivity index (χ3v) is 6.37. The van der Waals surface area contributed by atoms with Crippen molar-refractivity contribution in [3.8, 4) is 23.0 Å². The Kier molecular flexibility index (Phi) is 15.6. The third-order valence-electron chi connectivity index (χ3n) is 6.37. The quantitative estimate of drug-likeness (QED) is 0.0613. The Balaban J connectivity index is 1.76. The van der Waals surface area contributed by atoms with Gasteiger partial charge in [-0.15, -0.1) is 0 Å². The Labute approximate surface area is 293 Å². The molecule has 17 nitrogen and oxygen atoms in total. The topological polar surface area (TPSA) is 254 Å². The van der Waals surface area contributed by atoms with Crippen molar-refractivity contribution in [1.29, 1.82) is 0 Å². The molecule has 0 radical (unpaired) electrons. The van der Waals surface area contributed by atoms with Crippen molar-refractivity contribution in [1.82, 2.24) is 10.6 Å². The number of aliphatic carboxylic acids is 2. The van der Waals surface area contributed by atoms with E-state index in [-0.39, 0.29) is 80.1 Å². The van der Waals surface area contributed by atoms with Crippen LogP contribution in [-0.2, 0) is 33.4 Å². The number of nitrogens with one attached hydrogen (secondary N) is 2. The van der Waals surface area contributed by atoms with E-state index in [0.717, 1.165) is 6.07 Å². The zero-order chi connectivity index (χ0) is 38.4. The van der Waals surface area contributed by atoms with Gasteiger partial charge in [0.1, 0.15) is 47.9 Å². The Morgan fingerprint density at radius 2 is 1.27 bits per heavy atom. The number of hydrogen-bond donors (Lipinski definition) is 6. The van der Waals surface area contributed by atoms with Gasteiger partial charge in [0.15, 0.2) is 0 Å². The molecule has 2 rings (SSSR count). The van der Waals surface area contributed by atoms with Gasteiger partial charge in [-0.25, -0.2) is 9.59 Å². The van der Waals surface area contributed by atoms with Crippen molar-refractivity contribution in [3.05, 3.63) is 47.5 Å². The first-order valence-corrected chi connectivity index (χ1v) is 15.7. The summed E-state index contributed by atoms with van der Waals surface area (Å²) in [5.74, 6) is -6.79. The van der Waals surface area contributed by atoms with Crippen LogP contribution in [0.3, 0.4) is 0 Å². The van der Waals surface area contributed by atoms with Crippen LogP contribution in [0.5, 0.6) is 23.0 Å². The lowest BCUT2D eigenvalue weighted by molar-refractivity contribution is -0.172. The summed E-state index contributed by atoms with van der Waals surface area (Å²) in [5.41, 5.74) is -1.62. The first kappa shape index (κ1) is 41.7. The number of ether oxygens (including phenoxy) is 5. The van der Waals surface area contributed by atoms with Crippen molar-refractivity contribution in [2.24, 2.45) is 0 Å². The summed E-state index contributed by atoms with van der Waals surface area (Å²) in [4.78, 5) is 71.6. The molecule has 0 aliphatic rings. The van der Waals surface area contributed by atoms with Crippen LogP contribution in [0.2, 0.25) is 0 Å². The molecule has 0 saturated carbocycles. The summed E-state index contributed by atoms with van der Waals surface area (Å²) in [6, 6.07) is 5.65. The molecule has 1 atom stereocenters. The Bertz CT molecular complexity index is 1570. The van der Waals surface area contributed by atoms with Gasteiger partial charge in [-0.1, -0.05) is 0 Å². The minimum absolute atomic E-state index is 0.00972. The fraction of sp³-hybridized carbons (Fsp3) is 0.471. The summed E-state index contributed by atoms with van der Waals surface area (Å²) in [7, 11) is 0. The molecule has 2 aromatic carbocycles. The summed E-state index contributed by atoms with van der Waals surface area (Å²) in [5, 5.41) is 42.5. The molecule has 17 heteroatoms. The fourth-order valence-electron chi connectivity index (χ4n) is 3.97. The number of carboxylic acid groups (broad SMARTS) is 2. The van der Waals surface area contributed by atoms with Gasteiger partial charge in [0.05, 0.1) is 31.8 Å². The zero-order valence-electron chi connectivity index (χ0n) is 29.0. The first-order chi connectivity index (χ1) is 23.7. The van der Waals surface area contributed by atoms with Crippen LogP contribution in [0.25, 0.3) is 0 Å². The van der Waals surface area contributed by atoms with Crippen LogP contribution in [-0.4, -0.2) is 113 Å². The number of amides is 2. The Hall–Kier alpha value is -5.42. The smallest absolute Gasteiger partial charge is 0.375 e. The molecular formula is C34H44N2O15. The van der Waals surface area contributed by atoms with Gasteiger partial charge in [0.25, 0.3) is 11.8 Å². The predicted octanol–water partition coefficient (Wildman–Crippen LogP) is 2.06. The largest absolute Gasteiger partial charge is 0.508 e. The molecule has 0 aliphatic carbocycles. The van der Waals surface area contributed by atoms with E-state index < -0.39 is 59.2 Å². The van der Waals surface area contributed by atoms with Gasteiger partial charge >= 0.3 is 17.9 Å². The van der Waals surface area contributed by atoms with Crippen molar-refractivity contribution in [2.45, 2.75) is 64.7 Å². The lowest BCUT2D eigenvalue weighted by atomic mass is 10.1. The van der Waals surface area contributed by atoms with E-state index >= 15 is 0 Å². The number of esters is 1. The van der Waals surface area contributed by atoms with Crippen molar-refractivity contribution < 1.29 is 72.9 Å². The predicted molar refractivity (Wildman–Crippen MR) is 177 cm³/mol. The molecule has 0 aromatic heterocycles. The average molecular weight is 721 g/mol. The molecule has 0 aliphatic heterocycles. The van der Waals surface area contributed by atoms with Gasteiger partial charge in [-0.2, -0.15) is 0 Å². The molecule has 2 aromatic rings. The normalized spacial score (nSPS) is 11.9. The Morgan fingerprint density at radius 1 is 0.745 bits per heavy atom. The van der Waals surface area contributed by atoms with Gasteiger partial charge in [0, 0.05) is 36.2 Å². The number of carboxylic acids is 2. The number of phenols is 2. The molecule has 6 N–H and O–H groups in total. The van der Waals surface area contributed by atoms with E-state index in [2.05, 4.69) is 10.6 Å². The van der Waals surface area contributed by atoms with E-state index in [4.69, 9.17) is 33.9 Å². The Morgan fingerprint density at radius 3 is 1.76 bits per heavy atom. The highest BCUT2D eigenvalue weighted by molar-refractivity contribution is 6.33. The van der Waals surface area contributed by atoms with Crippen molar-refractivity contribution in [2.75, 3.05) is 39.6 Å². The number of carbonyl (C=O) groups excluding carboxylic acids is 4. The highest BCUT2D eigenvalue weighted by Crippen LogP contribution is 2.23. The summed E-state index contributed by atoms with van der Waals surface area (Å²) in [6.45, 7) is 8.78. The highest BCUT2D eigenvalue weighted by Gasteiger charge is 2.29. The van der Waals surface area contributed by atoms with Crippen molar-refractivity contribution >= 4 is 35.5 Å². The number of Topliss-reactive ketones (excluding diaryl/α,β-unsaturated/α-hetero) is 1. The monoisotopic (exact) mass is 720 g/mol. The molecule has 0 saturated heterocycles. The molecule has 0 fully saturated rings. The number of phenolic OH excluding ortho intramolecular Hbond substituents is 2. The highest BCUT2D eigenvalue weighted by atomic mass is 16.6. The van der Waals surface area contributed by atoms with Crippen molar-refractivity contribution in [3.63, 3.8) is 0 Å². The second-order valence-electron chi connectivity index (χ2n) is 12.7. The second-order valence-corrected chi connectivity index (χ2v) is 12.7. The van der Waals surface area contributed by atoms with Crippen LogP contribution in [0, 0.1) is 0 Å². The summed E-state index contributed by atoms with van der Waals surface area (Å²) >= 11 is 0. The van der Waals surface area contributed by atoms with E-state index in [1.54, 1.807) is 13.8 Å². The minimum atomic E-state index is -1.68. The molecule has 0 bridgehead atoms. The van der Waals surface area contributed by atoms with Gasteiger partial charge in [-0.05, 0) is 58.9 Å². The van der Waals surface area contributed by atoms with Crippen LogP contribution < -0.4 is 20.1 Å². The number of benzene rings is 2. The molecule has 0 heterocycles. The van der Waals surface area contributed by atoms with Crippen LogP contribution in [0.1, 0.15) is 68.2 Å². The van der Waals surface area contributed by atoms with Crippen LogP contribution in [0.4, 0.5) is 0 Å². The van der Waals surface area contributed by atoms with Gasteiger partial charge < -0.3 is 54.7 Å². The number of carbonyl (C=O) groups is 6. The van der Waals surface area contributed by atoms with E-state index in [0.29, 0.717) is 0 Å². The molecule has 0 unspecified atom stereocenters. The standard InChI is InChI=1S/C34H44N2O15/c1-33(2,3)50-19-34(4,5)51-32(46)27(39)6-7-35-29(42)20-12-22(37)16-24(14-20)48-10-8-47-9-11-49-25-15-21(13-23(38)17-25)30(43)36-26(31(44)45)18-28(40)41/h12-17,26,37-38H,6-11,18-19H2,1-5H3,(H,35,42)(H,36,43)(H,40,41)(H,44,45)/t26-/m0/s1. The molecule has 0 spiro atoms. The lowest BCUT2D eigenvalue weighted by Gasteiger charge is -2.29. The lowest BCUT2D eigenvalue weighted by Crippen LogP contribution is -2.42. The second kappa shape index (κ2) is 19.1. The number of ketones is 1. The number of rotatable bonds is 21. The SMILES string of the molecule is CC(C)(C)OCC(C)(C)OC(=O)C(=O)CCNC(=O)c1cc(O)cc(OCCOCCOc2cc(O)cc(C(=O)N[C@@H](CC(=O)O)C(=O)O)c2)c1. The number of aromatic hydroxyl groups is 2. The third kappa shape index (κ3) is 16.2. The maximum Gasteiger partial charge on any atom is 0.375 e. The van der Waals surface area contributed by atoms with E-state index in [1.807, 2.05) is 20.8 Å². The van der Waals surface area contributed by atoms with E-state index in [1.165, 1.54) is 30.3 Å². The average Bonchev–Trinajstić information content (AvgIpc) is 3.01. The van der Waals surface area contributed by atoms with Gasteiger partial charge in [-0.3, -0.25) is 19.2 Å². The van der Waals surface area contributed by atoms with Crippen LogP contribution in [0.15, 0.2) is 36.4 Å².